The molecule has 1 aromatic heterocycles. The van der Waals surface area contributed by atoms with E-state index in [2.05, 4.69) is 30.4 Å². The zero-order valence-electron chi connectivity index (χ0n) is 16.7. The predicted octanol–water partition coefficient (Wildman–Crippen LogP) is 4.77. The minimum atomic E-state index is 0.0990. The summed E-state index contributed by atoms with van der Waals surface area (Å²) >= 11 is 0. The molecule has 0 bridgehead atoms. The Balaban J connectivity index is 1.87. The van der Waals surface area contributed by atoms with Crippen molar-refractivity contribution < 1.29 is 4.79 Å². The number of amides is 1. The Hall–Kier alpha value is -1.39. The molecule has 5 nitrogen and oxygen atoms in total. The SMILES string of the molecule is CCCC(=O)N1c2nc(C(C)C)nn2C2(CCCCC2)C2CCCCC21. The van der Waals surface area contributed by atoms with E-state index in [9.17, 15) is 4.79 Å². The summed E-state index contributed by atoms with van der Waals surface area (Å²) < 4.78 is 2.24. The maximum Gasteiger partial charge on any atom is 0.231 e. The highest BCUT2D eigenvalue weighted by molar-refractivity contribution is 5.92. The van der Waals surface area contributed by atoms with Gasteiger partial charge in [0, 0.05) is 24.3 Å². The first-order valence-electron chi connectivity index (χ1n) is 10.9. The second-order valence-corrected chi connectivity index (χ2v) is 8.97. The molecule has 3 aliphatic rings. The van der Waals surface area contributed by atoms with Crippen LogP contribution in [0.25, 0.3) is 0 Å². The van der Waals surface area contributed by atoms with Gasteiger partial charge >= 0.3 is 0 Å². The molecule has 0 N–H and O–H groups in total. The van der Waals surface area contributed by atoms with Gasteiger partial charge in [-0.05, 0) is 32.1 Å². The van der Waals surface area contributed by atoms with Crippen molar-refractivity contribution >= 4 is 11.9 Å². The van der Waals surface area contributed by atoms with Gasteiger partial charge in [-0.3, -0.25) is 9.69 Å². The van der Waals surface area contributed by atoms with Crippen LogP contribution in [-0.4, -0.2) is 26.7 Å². The Bertz CT molecular complexity index is 659. The Labute approximate surface area is 157 Å². The normalized spacial score (nSPS) is 27.5. The summed E-state index contributed by atoms with van der Waals surface area (Å²) in [5.74, 6) is 2.85. The van der Waals surface area contributed by atoms with Crippen molar-refractivity contribution in [3.05, 3.63) is 5.82 Å². The van der Waals surface area contributed by atoms with Gasteiger partial charge in [-0.1, -0.05) is 52.9 Å². The summed E-state index contributed by atoms with van der Waals surface area (Å²) in [5, 5.41) is 5.02. The summed E-state index contributed by atoms with van der Waals surface area (Å²) in [6, 6.07) is 0.331. The van der Waals surface area contributed by atoms with Crippen LogP contribution in [0, 0.1) is 5.92 Å². The van der Waals surface area contributed by atoms with Crippen molar-refractivity contribution in [3.63, 3.8) is 0 Å². The lowest BCUT2D eigenvalue weighted by molar-refractivity contribution is -0.121. The van der Waals surface area contributed by atoms with Crippen LogP contribution in [0.1, 0.15) is 103 Å². The number of nitrogens with zero attached hydrogens (tertiary/aromatic N) is 4. The molecule has 2 saturated carbocycles. The van der Waals surface area contributed by atoms with Crippen LogP contribution < -0.4 is 4.90 Å². The zero-order valence-corrected chi connectivity index (χ0v) is 16.7. The molecular weight excluding hydrogens is 324 g/mol. The van der Waals surface area contributed by atoms with Crippen molar-refractivity contribution in [1.29, 1.82) is 0 Å². The van der Waals surface area contributed by atoms with Crippen LogP contribution in [0.3, 0.4) is 0 Å². The van der Waals surface area contributed by atoms with Gasteiger partial charge in [-0.15, -0.1) is 0 Å². The first-order valence-corrected chi connectivity index (χ1v) is 10.9. The van der Waals surface area contributed by atoms with Gasteiger partial charge < -0.3 is 0 Å². The number of hydrogen-bond acceptors (Lipinski definition) is 3. The van der Waals surface area contributed by atoms with E-state index in [1.165, 1.54) is 51.4 Å². The van der Waals surface area contributed by atoms with Gasteiger partial charge in [-0.2, -0.15) is 10.1 Å². The van der Waals surface area contributed by atoms with Crippen LogP contribution in [0.5, 0.6) is 0 Å². The quantitative estimate of drug-likeness (QED) is 0.782. The third-order valence-electron chi connectivity index (χ3n) is 6.96. The third-order valence-corrected chi connectivity index (χ3v) is 6.96. The fourth-order valence-corrected chi connectivity index (χ4v) is 5.75. The first-order chi connectivity index (χ1) is 12.6. The van der Waals surface area contributed by atoms with Crippen LogP contribution in [0.2, 0.25) is 0 Å². The highest BCUT2D eigenvalue weighted by Gasteiger charge is 2.54. The summed E-state index contributed by atoms with van der Waals surface area (Å²) in [6.45, 7) is 6.40. The molecule has 1 amide bonds. The Morgan fingerprint density at radius 2 is 1.88 bits per heavy atom. The number of fused-ring (bicyclic) bond motifs is 4. The highest BCUT2D eigenvalue weighted by atomic mass is 16.2. The topological polar surface area (TPSA) is 51.0 Å². The monoisotopic (exact) mass is 358 g/mol. The second kappa shape index (κ2) is 6.97. The van der Waals surface area contributed by atoms with Gasteiger partial charge in [-0.25, -0.2) is 4.68 Å². The smallest absolute Gasteiger partial charge is 0.231 e. The van der Waals surface area contributed by atoms with E-state index >= 15 is 0 Å². The van der Waals surface area contributed by atoms with Crippen molar-refractivity contribution in [1.82, 2.24) is 14.8 Å². The minimum absolute atomic E-state index is 0.0990. The van der Waals surface area contributed by atoms with Crippen LogP contribution in [-0.2, 0) is 10.3 Å². The zero-order chi connectivity index (χ0) is 18.3. The fraction of sp³-hybridized carbons (Fsp3) is 0.857. The molecule has 2 heterocycles. The molecule has 2 fully saturated rings. The van der Waals surface area contributed by atoms with E-state index in [-0.39, 0.29) is 11.4 Å². The standard InChI is InChI=1S/C21H34N4O/c1-4-10-18(26)24-17-12-7-6-11-16(17)21(13-8-5-9-14-21)25-20(24)22-19(23-25)15(2)3/h15-17H,4-14H2,1-3H3. The lowest BCUT2D eigenvalue weighted by Gasteiger charge is -2.55. The van der Waals surface area contributed by atoms with Gasteiger partial charge in [0.05, 0.1) is 5.54 Å². The fourth-order valence-electron chi connectivity index (χ4n) is 5.75. The van der Waals surface area contributed by atoms with Crippen molar-refractivity contribution in [2.24, 2.45) is 5.92 Å². The molecule has 1 aromatic rings. The molecular formula is C21H34N4O. The molecule has 1 aliphatic heterocycles. The van der Waals surface area contributed by atoms with E-state index < -0.39 is 0 Å². The summed E-state index contributed by atoms with van der Waals surface area (Å²) in [6.07, 6.45) is 12.7. The van der Waals surface area contributed by atoms with E-state index in [0.29, 0.717) is 24.3 Å². The van der Waals surface area contributed by atoms with Gasteiger partial charge in [0.15, 0.2) is 5.82 Å². The summed E-state index contributed by atoms with van der Waals surface area (Å²) in [7, 11) is 0. The maximum atomic E-state index is 13.1. The largest absolute Gasteiger partial charge is 0.277 e. The Kier molecular flexibility index (Phi) is 4.83. The molecule has 5 heteroatoms. The predicted molar refractivity (Wildman–Crippen MR) is 103 cm³/mol. The van der Waals surface area contributed by atoms with E-state index in [1.54, 1.807) is 0 Å². The van der Waals surface area contributed by atoms with E-state index in [4.69, 9.17) is 10.1 Å². The second-order valence-electron chi connectivity index (χ2n) is 8.97. The van der Waals surface area contributed by atoms with E-state index in [0.717, 1.165) is 24.6 Å². The molecule has 2 atom stereocenters. The maximum absolute atomic E-state index is 13.1. The molecule has 144 valence electrons. The molecule has 2 unspecified atom stereocenters. The van der Waals surface area contributed by atoms with Gasteiger partial charge in [0.2, 0.25) is 11.9 Å². The number of carbonyl (C=O) groups excluding carboxylic acids is 1. The van der Waals surface area contributed by atoms with Crippen molar-refractivity contribution in [3.8, 4) is 0 Å². The minimum Gasteiger partial charge on any atom is -0.277 e. The lowest BCUT2D eigenvalue weighted by Crippen LogP contribution is -2.61. The van der Waals surface area contributed by atoms with Gasteiger partial charge in [0.25, 0.3) is 0 Å². The van der Waals surface area contributed by atoms with E-state index in [1.807, 2.05) is 0 Å². The van der Waals surface area contributed by atoms with Crippen LogP contribution >= 0.6 is 0 Å². The van der Waals surface area contributed by atoms with Gasteiger partial charge in [0.1, 0.15) is 0 Å². The Morgan fingerprint density at radius 3 is 2.58 bits per heavy atom. The van der Waals surface area contributed by atoms with Crippen molar-refractivity contribution in [2.45, 2.75) is 109 Å². The average molecular weight is 359 g/mol. The summed E-state index contributed by atoms with van der Waals surface area (Å²) in [4.78, 5) is 20.1. The number of hydrogen-bond donors (Lipinski definition) is 0. The molecule has 4 rings (SSSR count). The lowest BCUT2D eigenvalue weighted by atomic mass is 9.64. The number of aromatic nitrogens is 3. The molecule has 1 spiro atoms. The number of rotatable bonds is 3. The molecule has 2 aliphatic carbocycles. The van der Waals surface area contributed by atoms with Crippen LogP contribution in [0.15, 0.2) is 0 Å². The molecule has 0 saturated heterocycles. The Morgan fingerprint density at radius 1 is 1.15 bits per heavy atom. The molecule has 26 heavy (non-hydrogen) atoms. The molecule has 0 aromatic carbocycles. The highest BCUT2D eigenvalue weighted by Crippen LogP contribution is 2.53. The van der Waals surface area contributed by atoms with Crippen molar-refractivity contribution in [2.75, 3.05) is 4.90 Å². The van der Waals surface area contributed by atoms with Crippen LogP contribution in [0.4, 0.5) is 5.95 Å². The third kappa shape index (κ3) is 2.69. The number of anilines is 1. The summed E-state index contributed by atoms with van der Waals surface area (Å²) in [5.41, 5.74) is 0.0990. The average Bonchev–Trinajstić information content (AvgIpc) is 3.09. The molecule has 0 radical (unpaired) electrons. The number of carbonyl (C=O) groups is 1. The first kappa shape index (κ1) is 18.0.